The molecule has 0 spiro atoms. The van der Waals surface area contributed by atoms with Gasteiger partial charge < -0.3 is 14.7 Å². The summed E-state index contributed by atoms with van der Waals surface area (Å²) in [6.07, 6.45) is 1.47. The van der Waals surface area contributed by atoms with Crippen LogP contribution in [0.15, 0.2) is 84.4 Å². The fraction of sp³-hybridized carbons (Fsp3) is 0.214. The zero-order valence-electron chi connectivity index (χ0n) is 18.9. The van der Waals surface area contributed by atoms with E-state index in [0.29, 0.717) is 41.5 Å². The lowest BCUT2D eigenvalue weighted by Crippen LogP contribution is -2.31. The third-order valence-electron chi connectivity index (χ3n) is 5.81. The van der Waals surface area contributed by atoms with Crippen molar-refractivity contribution >= 4 is 29.1 Å². The molecule has 1 fully saturated rings. The van der Waals surface area contributed by atoms with Gasteiger partial charge in [0.25, 0.3) is 11.7 Å². The highest BCUT2D eigenvalue weighted by Crippen LogP contribution is 2.40. The summed E-state index contributed by atoms with van der Waals surface area (Å²) in [5.74, 6) is -0.851. The molecule has 1 amide bonds. The Hall–Kier alpha value is -3.57. The van der Waals surface area contributed by atoms with Crippen LogP contribution in [0.4, 0.5) is 0 Å². The molecule has 6 heteroatoms. The van der Waals surface area contributed by atoms with Gasteiger partial charge in [-0.1, -0.05) is 61.0 Å². The van der Waals surface area contributed by atoms with Gasteiger partial charge in [-0.15, -0.1) is 0 Å². The second-order valence-electron chi connectivity index (χ2n) is 8.15. The summed E-state index contributed by atoms with van der Waals surface area (Å²) in [6.45, 7) is 2.95. The second kappa shape index (κ2) is 10.6. The quantitative estimate of drug-likeness (QED) is 0.254. The van der Waals surface area contributed by atoms with Crippen molar-refractivity contribution in [3.63, 3.8) is 0 Å². The van der Waals surface area contributed by atoms with Gasteiger partial charge in [-0.3, -0.25) is 9.59 Å². The maximum Gasteiger partial charge on any atom is 0.295 e. The van der Waals surface area contributed by atoms with Crippen LogP contribution in [-0.4, -0.2) is 34.8 Å². The monoisotopic (exact) mass is 475 g/mol. The van der Waals surface area contributed by atoms with Gasteiger partial charge in [0.05, 0.1) is 18.2 Å². The second-order valence-corrected chi connectivity index (χ2v) is 8.59. The normalized spacial score (nSPS) is 17.2. The number of rotatable bonds is 8. The highest BCUT2D eigenvalue weighted by molar-refractivity contribution is 6.46. The molecule has 174 valence electrons. The third kappa shape index (κ3) is 5.00. The largest absolute Gasteiger partial charge is 0.507 e. The summed E-state index contributed by atoms with van der Waals surface area (Å²) >= 11 is 6.08. The van der Waals surface area contributed by atoms with Crippen molar-refractivity contribution in [2.75, 3.05) is 13.2 Å². The minimum Gasteiger partial charge on any atom is -0.507 e. The summed E-state index contributed by atoms with van der Waals surface area (Å²) < 4.78 is 5.61. The minimum absolute atomic E-state index is 0.0719. The number of carbonyl (C=O) groups excluding carboxylic acids is 2. The van der Waals surface area contributed by atoms with Crippen molar-refractivity contribution < 1.29 is 19.4 Å². The molecule has 1 saturated heterocycles. The van der Waals surface area contributed by atoms with Crippen LogP contribution in [0.3, 0.4) is 0 Å². The molecule has 1 aliphatic rings. The van der Waals surface area contributed by atoms with Gasteiger partial charge in [0.1, 0.15) is 11.5 Å². The van der Waals surface area contributed by atoms with E-state index in [1.165, 1.54) is 4.90 Å². The molecule has 1 atom stereocenters. The van der Waals surface area contributed by atoms with Crippen molar-refractivity contribution in [2.24, 2.45) is 0 Å². The Balaban J connectivity index is 1.72. The summed E-state index contributed by atoms with van der Waals surface area (Å²) in [5.41, 5.74) is 2.29. The molecule has 3 aromatic rings. The molecule has 4 rings (SSSR count). The molecule has 0 bridgehead atoms. The fourth-order valence-electron chi connectivity index (χ4n) is 4.08. The van der Waals surface area contributed by atoms with E-state index >= 15 is 0 Å². The Kier molecular flexibility index (Phi) is 7.33. The smallest absolute Gasteiger partial charge is 0.295 e. The first kappa shape index (κ1) is 23.6. The molecule has 3 aromatic carbocycles. The Labute approximate surface area is 204 Å². The number of Topliss-reactive ketones (excluding diaryl/α,β-unsaturated/α-hetero) is 1. The predicted molar refractivity (Wildman–Crippen MR) is 133 cm³/mol. The number of benzene rings is 3. The van der Waals surface area contributed by atoms with E-state index in [4.69, 9.17) is 16.3 Å². The van der Waals surface area contributed by atoms with Gasteiger partial charge in [-0.25, -0.2) is 0 Å². The van der Waals surface area contributed by atoms with Crippen molar-refractivity contribution in [2.45, 2.75) is 25.8 Å². The lowest BCUT2D eigenvalue weighted by molar-refractivity contribution is -0.139. The van der Waals surface area contributed by atoms with Crippen LogP contribution in [0.25, 0.3) is 5.76 Å². The zero-order valence-corrected chi connectivity index (χ0v) is 19.7. The molecule has 0 saturated carbocycles. The van der Waals surface area contributed by atoms with Crippen molar-refractivity contribution in [3.05, 3.63) is 106 Å². The number of amides is 1. The molecule has 1 aliphatic heterocycles. The van der Waals surface area contributed by atoms with Crippen LogP contribution in [0.2, 0.25) is 5.02 Å². The highest BCUT2D eigenvalue weighted by Gasteiger charge is 2.45. The average Bonchev–Trinajstić information content (AvgIpc) is 3.12. The summed E-state index contributed by atoms with van der Waals surface area (Å²) in [6, 6.07) is 22.9. The van der Waals surface area contributed by atoms with Gasteiger partial charge in [0.2, 0.25) is 0 Å². The molecule has 1 heterocycles. The first-order valence-corrected chi connectivity index (χ1v) is 11.7. The molecule has 5 nitrogen and oxygen atoms in total. The number of carbonyl (C=O) groups is 2. The van der Waals surface area contributed by atoms with Crippen molar-refractivity contribution in [1.29, 1.82) is 0 Å². The summed E-state index contributed by atoms with van der Waals surface area (Å²) in [5, 5.41) is 11.7. The van der Waals surface area contributed by atoms with Gasteiger partial charge >= 0.3 is 0 Å². The lowest BCUT2D eigenvalue weighted by atomic mass is 9.95. The van der Waals surface area contributed by atoms with Gasteiger partial charge in [0.15, 0.2) is 0 Å². The number of likely N-dealkylation sites (tertiary alicyclic amines) is 1. The van der Waals surface area contributed by atoms with E-state index in [9.17, 15) is 14.7 Å². The van der Waals surface area contributed by atoms with E-state index < -0.39 is 17.7 Å². The van der Waals surface area contributed by atoms with Gasteiger partial charge in [0, 0.05) is 17.1 Å². The molecular weight excluding hydrogens is 450 g/mol. The number of halogens is 1. The standard InChI is InChI=1S/C28H26ClNO4/c1-2-18-34-23-14-10-21(11-15-23)26(31)24-25(20-8-12-22(29)13-9-20)30(28(33)27(24)32)17-16-19-6-4-3-5-7-19/h3-15,25,31H,2,16-18H2,1H3/b26-24+. The van der Waals surface area contributed by atoms with Crippen molar-refractivity contribution in [1.82, 2.24) is 4.90 Å². The van der Waals surface area contributed by atoms with Crippen LogP contribution < -0.4 is 4.74 Å². The molecule has 1 unspecified atom stereocenters. The number of aliphatic hydroxyl groups is 1. The van der Waals surface area contributed by atoms with Gasteiger partial charge in [-0.2, -0.15) is 0 Å². The highest BCUT2D eigenvalue weighted by atomic mass is 35.5. The molecule has 34 heavy (non-hydrogen) atoms. The Morgan fingerprint density at radius 2 is 1.65 bits per heavy atom. The zero-order chi connectivity index (χ0) is 24.1. The molecule has 0 aliphatic carbocycles. The van der Waals surface area contributed by atoms with E-state index in [1.807, 2.05) is 37.3 Å². The fourth-order valence-corrected chi connectivity index (χ4v) is 4.21. The van der Waals surface area contributed by atoms with Crippen LogP contribution >= 0.6 is 11.6 Å². The molecule has 1 N–H and O–H groups in total. The van der Waals surface area contributed by atoms with E-state index in [0.717, 1.165) is 12.0 Å². The average molecular weight is 476 g/mol. The topological polar surface area (TPSA) is 66.8 Å². The first-order chi connectivity index (χ1) is 16.5. The van der Waals surface area contributed by atoms with Crippen LogP contribution in [-0.2, 0) is 16.0 Å². The number of hydrogen-bond acceptors (Lipinski definition) is 4. The van der Waals surface area contributed by atoms with E-state index in [1.54, 1.807) is 48.5 Å². The van der Waals surface area contributed by atoms with Crippen LogP contribution in [0.1, 0.15) is 36.1 Å². The molecular formula is C28H26ClNO4. The number of ketones is 1. The number of hydrogen-bond donors (Lipinski definition) is 1. The van der Waals surface area contributed by atoms with E-state index in [2.05, 4.69) is 0 Å². The number of ether oxygens (including phenoxy) is 1. The van der Waals surface area contributed by atoms with Crippen LogP contribution in [0.5, 0.6) is 5.75 Å². The first-order valence-electron chi connectivity index (χ1n) is 11.3. The van der Waals surface area contributed by atoms with Crippen molar-refractivity contribution in [3.8, 4) is 5.75 Å². The summed E-state index contributed by atoms with van der Waals surface area (Å²) in [4.78, 5) is 27.8. The molecule has 0 radical (unpaired) electrons. The predicted octanol–water partition coefficient (Wildman–Crippen LogP) is 5.79. The Morgan fingerprint density at radius 1 is 0.971 bits per heavy atom. The summed E-state index contributed by atoms with van der Waals surface area (Å²) in [7, 11) is 0. The molecule has 0 aromatic heterocycles. The maximum absolute atomic E-state index is 13.1. The van der Waals surface area contributed by atoms with Gasteiger partial charge in [-0.05, 0) is 60.4 Å². The number of aliphatic hydroxyl groups excluding tert-OH is 1. The Bertz CT molecular complexity index is 1190. The number of nitrogens with zero attached hydrogens (tertiary/aromatic N) is 1. The van der Waals surface area contributed by atoms with E-state index in [-0.39, 0.29) is 11.3 Å². The Morgan fingerprint density at radius 3 is 2.29 bits per heavy atom. The van der Waals surface area contributed by atoms with Crippen LogP contribution in [0, 0.1) is 0 Å². The maximum atomic E-state index is 13.1. The minimum atomic E-state index is -0.711. The third-order valence-corrected chi connectivity index (χ3v) is 6.06. The SMILES string of the molecule is CCCOc1ccc(/C(O)=C2\C(=O)C(=O)N(CCc3ccccc3)C2c2ccc(Cl)cc2)cc1. The lowest BCUT2D eigenvalue weighted by Gasteiger charge is -2.25.